The van der Waals surface area contributed by atoms with Crippen molar-refractivity contribution in [2.75, 3.05) is 6.61 Å². The van der Waals surface area contributed by atoms with E-state index in [4.69, 9.17) is 4.74 Å². The fourth-order valence-electron chi connectivity index (χ4n) is 1.87. The lowest BCUT2D eigenvalue weighted by Crippen LogP contribution is -2.17. The first kappa shape index (κ1) is 12.3. The van der Waals surface area contributed by atoms with E-state index >= 15 is 0 Å². The van der Waals surface area contributed by atoms with E-state index in [1.165, 1.54) is 0 Å². The first-order valence-electron chi connectivity index (χ1n) is 5.64. The van der Waals surface area contributed by atoms with Gasteiger partial charge in [-0.15, -0.1) is 0 Å². The lowest BCUT2D eigenvalue weighted by atomic mass is 10.2. The van der Waals surface area contributed by atoms with E-state index in [0.717, 1.165) is 18.4 Å². The molecule has 1 fully saturated rings. The number of hydrogen-bond donors (Lipinski definition) is 0. The van der Waals surface area contributed by atoms with Gasteiger partial charge in [-0.1, -0.05) is 24.3 Å². The summed E-state index contributed by atoms with van der Waals surface area (Å²) in [5.41, 5.74) is 1.03. The predicted molar refractivity (Wildman–Crippen MR) is 66.5 cm³/mol. The van der Waals surface area contributed by atoms with Crippen molar-refractivity contribution in [3.63, 3.8) is 0 Å². The van der Waals surface area contributed by atoms with Crippen molar-refractivity contribution in [3.8, 4) is 0 Å². The SMILES string of the molecule is C=C([C@@H]1CCCO1)S(=O)(=O)c1ccc(C)cc1. The standard InChI is InChI=1S/C13H16O3S/c1-10-5-7-12(8-6-10)17(14,15)11(2)13-4-3-9-16-13/h5-8,13H,2-4,9H2,1H3/t13-/m0/s1. The van der Waals surface area contributed by atoms with Gasteiger partial charge in [0.15, 0.2) is 0 Å². The van der Waals surface area contributed by atoms with Crippen LogP contribution >= 0.6 is 0 Å². The minimum Gasteiger partial charge on any atom is -0.373 e. The van der Waals surface area contributed by atoms with E-state index in [2.05, 4.69) is 6.58 Å². The van der Waals surface area contributed by atoms with E-state index in [1.54, 1.807) is 24.3 Å². The Hall–Kier alpha value is -1.13. The number of benzene rings is 1. The van der Waals surface area contributed by atoms with Gasteiger partial charge in [0.1, 0.15) is 0 Å². The van der Waals surface area contributed by atoms with Gasteiger partial charge in [-0.3, -0.25) is 0 Å². The van der Waals surface area contributed by atoms with Gasteiger partial charge in [-0.05, 0) is 31.9 Å². The van der Waals surface area contributed by atoms with E-state index in [-0.39, 0.29) is 11.0 Å². The molecule has 0 N–H and O–H groups in total. The summed E-state index contributed by atoms with van der Waals surface area (Å²) in [7, 11) is -3.46. The highest BCUT2D eigenvalue weighted by Crippen LogP contribution is 2.27. The Balaban J connectivity index is 2.29. The van der Waals surface area contributed by atoms with Crippen molar-refractivity contribution in [1.82, 2.24) is 0 Å². The molecule has 0 radical (unpaired) electrons. The molecule has 0 spiro atoms. The Morgan fingerprint density at radius 2 is 2.00 bits per heavy atom. The van der Waals surface area contributed by atoms with Crippen LogP contribution in [-0.2, 0) is 14.6 Å². The summed E-state index contributed by atoms with van der Waals surface area (Å²) in [6.45, 7) is 6.23. The molecule has 1 heterocycles. The van der Waals surface area contributed by atoms with Crippen LogP contribution in [0.2, 0.25) is 0 Å². The van der Waals surface area contributed by atoms with Crippen LogP contribution in [0.4, 0.5) is 0 Å². The predicted octanol–water partition coefficient (Wildman–Crippen LogP) is 2.46. The highest BCUT2D eigenvalue weighted by atomic mass is 32.2. The molecule has 17 heavy (non-hydrogen) atoms. The van der Waals surface area contributed by atoms with Crippen LogP contribution in [0.25, 0.3) is 0 Å². The maximum Gasteiger partial charge on any atom is 0.204 e. The van der Waals surface area contributed by atoms with Crippen LogP contribution in [0.15, 0.2) is 40.6 Å². The topological polar surface area (TPSA) is 43.4 Å². The van der Waals surface area contributed by atoms with E-state index in [0.29, 0.717) is 11.5 Å². The van der Waals surface area contributed by atoms with Gasteiger partial charge >= 0.3 is 0 Å². The molecule has 0 unspecified atom stereocenters. The average Bonchev–Trinajstić information content (AvgIpc) is 2.82. The first-order valence-corrected chi connectivity index (χ1v) is 7.12. The van der Waals surface area contributed by atoms with Gasteiger partial charge < -0.3 is 4.74 Å². The molecule has 0 aromatic heterocycles. The fraction of sp³-hybridized carbons (Fsp3) is 0.385. The highest BCUT2D eigenvalue weighted by molar-refractivity contribution is 7.95. The average molecular weight is 252 g/mol. The summed E-state index contributed by atoms with van der Waals surface area (Å²) in [6.07, 6.45) is 1.29. The van der Waals surface area contributed by atoms with Crippen LogP contribution in [0.5, 0.6) is 0 Å². The molecular formula is C13H16O3S. The second kappa shape index (κ2) is 4.63. The number of aryl methyl sites for hydroxylation is 1. The quantitative estimate of drug-likeness (QED) is 0.830. The van der Waals surface area contributed by atoms with Crippen molar-refractivity contribution in [1.29, 1.82) is 0 Å². The number of hydrogen-bond acceptors (Lipinski definition) is 3. The molecule has 1 aliphatic heterocycles. The summed E-state index contributed by atoms with van der Waals surface area (Å²) in [5, 5.41) is 0. The Morgan fingerprint density at radius 3 is 2.53 bits per heavy atom. The Labute approximate surface area is 102 Å². The number of ether oxygens (including phenoxy) is 1. The second-order valence-corrected chi connectivity index (χ2v) is 6.29. The minimum absolute atomic E-state index is 0.179. The van der Waals surface area contributed by atoms with Gasteiger partial charge in [0.2, 0.25) is 9.84 Å². The maximum atomic E-state index is 12.3. The van der Waals surface area contributed by atoms with Gasteiger partial charge in [0.05, 0.1) is 15.9 Å². The zero-order valence-electron chi connectivity index (χ0n) is 9.85. The molecule has 1 aliphatic rings. The van der Waals surface area contributed by atoms with Crippen LogP contribution in [0, 0.1) is 6.92 Å². The lowest BCUT2D eigenvalue weighted by molar-refractivity contribution is 0.142. The minimum atomic E-state index is -3.46. The van der Waals surface area contributed by atoms with Crippen LogP contribution in [0.1, 0.15) is 18.4 Å². The lowest BCUT2D eigenvalue weighted by Gasteiger charge is -2.13. The molecule has 2 rings (SSSR count). The normalized spacial score (nSPS) is 20.4. The van der Waals surface area contributed by atoms with Crippen LogP contribution in [-0.4, -0.2) is 21.1 Å². The Morgan fingerprint density at radius 1 is 1.35 bits per heavy atom. The molecular weight excluding hydrogens is 236 g/mol. The number of rotatable bonds is 3. The molecule has 1 aromatic rings. The molecule has 1 atom stereocenters. The summed E-state index contributed by atoms with van der Waals surface area (Å²) in [4.78, 5) is 0.474. The van der Waals surface area contributed by atoms with E-state index in [1.807, 2.05) is 6.92 Å². The highest BCUT2D eigenvalue weighted by Gasteiger charge is 2.29. The Kier molecular flexibility index (Phi) is 3.35. The summed E-state index contributed by atoms with van der Waals surface area (Å²) < 4.78 is 29.9. The molecule has 1 aromatic carbocycles. The molecule has 4 heteroatoms. The van der Waals surface area contributed by atoms with Gasteiger partial charge in [-0.2, -0.15) is 0 Å². The Bertz CT molecular complexity index is 508. The molecule has 92 valence electrons. The smallest absolute Gasteiger partial charge is 0.204 e. The largest absolute Gasteiger partial charge is 0.373 e. The van der Waals surface area contributed by atoms with Crippen molar-refractivity contribution in [3.05, 3.63) is 41.3 Å². The zero-order valence-corrected chi connectivity index (χ0v) is 10.7. The maximum absolute atomic E-state index is 12.3. The molecule has 0 aliphatic carbocycles. The summed E-state index contributed by atoms with van der Waals surface area (Å²) in [6, 6.07) is 6.81. The van der Waals surface area contributed by atoms with E-state index < -0.39 is 9.84 Å². The molecule has 0 amide bonds. The molecule has 1 saturated heterocycles. The third-order valence-electron chi connectivity index (χ3n) is 2.97. The van der Waals surface area contributed by atoms with Crippen molar-refractivity contribution in [2.24, 2.45) is 0 Å². The summed E-state index contributed by atoms with van der Waals surface area (Å²) in [5.74, 6) is 0. The van der Waals surface area contributed by atoms with E-state index in [9.17, 15) is 8.42 Å². The molecule has 0 saturated carbocycles. The van der Waals surface area contributed by atoms with Crippen molar-refractivity contribution < 1.29 is 13.2 Å². The monoisotopic (exact) mass is 252 g/mol. The first-order chi connectivity index (χ1) is 8.01. The van der Waals surface area contributed by atoms with Gasteiger partial charge in [-0.25, -0.2) is 8.42 Å². The third-order valence-corrected chi connectivity index (χ3v) is 4.81. The molecule has 3 nitrogen and oxygen atoms in total. The summed E-state index contributed by atoms with van der Waals surface area (Å²) >= 11 is 0. The molecule has 0 bridgehead atoms. The third kappa shape index (κ3) is 2.42. The zero-order chi connectivity index (χ0) is 12.5. The van der Waals surface area contributed by atoms with Gasteiger partial charge in [0.25, 0.3) is 0 Å². The van der Waals surface area contributed by atoms with Crippen LogP contribution in [0.3, 0.4) is 0 Å². The number of sulfone groups is 1. The van der Waals surface area contributed by atoms with Crippen molar-refractivity contribution >= 4 is 9.84 Å². The fourth-order valence-corrected chi connectivity index (χ4v) is 3.20. The van der Waals surface area contributed by atoms with Crippen LogP contribution < -0.4 is 0 Å². The second-order valence-electron chi connectivity index (χ2n) is 4.28. The van der Waals surface area contributed by atoms with Crippen molar-refractivity contribution in [2.45, 2.75) is 30.8 Å². The van der Waals surface area contributed by atoms with Gasteiger partial charge in [0, 0.05) is 6.61 Å².